The molecule has 2 rings (SSSR count). The maximum absolute atomic E-state index is 12.4. The highest BCUT2D eigenvalue weighted by atomic mass is 16.2. The Labute approximate surface area is 109 Å². The molecule has 0 bridgehead atoms. The van der Waals surface area contributed by atoms with Gasteiger partial charge >= 0.3 is 0 Å². The zero-order chi connectivity index (χ0) is 13.3. The minimum atomic E-state index is -0.151. The fourth-order valence-electron chi connectivity index (χ4n) is 2.67. The molecule has 1 heterocycles. The number of likely N-dealkylation sites (tertiary alicyclic amines) is 1. The zero-order valence-electron chi connectivity index (χ0n) is 11.5. The van der Waals surface area contributed by atoms with Gasteiger partial charge in [0.1, 0.15) is 0 Å². The van der Waals surface area contributed by atoms with Crippen LogP contribution in [0.4, 0.5) is 0 Å². The van der Waals surface area contributed by atoms with Crippen LogP contribution in [-0.4, -0.2) is 29.4 Å². The summed E-state index contributed by atoms with van der Waals surface area (Å²) < 4.78 is 0. The summed E-state index contributed by atoms with van der Waals surface area (Å²) in [5.74, 6) is 0.119. The number of rotatable bonds is 3. The van der Waals surface area contributed by atoms with E-state index in [0.717, 1.165) is 29.5 Å². The molecule has 0 unspecified atom stereocenters. The average molecular weight is 246 g/mol. The van der Waals surface area contributed by atoms with E-state index in [1.54, 1.807) is 0 Å². The van der Waals surface area contributed by atoms with Crippen molar-refractivity contribution in [3.8, 4) is 0 Å². The molecule has 1 aliphatic heterocycles. The van der Waals surface area contributed by atoms with Crippen molar-refractivity contribution in [1.29, 1.82) is 0 Å². The second-order valence-corrected chi connectivity index (χ2v) is 5.52. The summed E-state index contributed by atoms with van der Waals surface area (Å²) in [6, 6.07) is 5.88. The van der Waals surface area contributed by atoms with Crippen LogP contribution in [0.15, 0.2) is 18.2 Å². The van der Waals surface area contributed by atoms with Crippen molar-refractivity contribution in [1.82, 2.24) is 4.90 Å². The van der Waals surface area contributed by atoms with Crippen molar-refractivity contribution in [3.05, 3.63) is 34.9 Å². The van der Waals surface area contributed by atoms with Gasteiger partial charge in [0.2, 0.25) is 0 Å². The first kappa shape index (κ1) is 13.1. The molecule has 98 valence electrons. The van der Waals surface area contributed by atoms with Gasteiger partial charge in [-0.1, -0.05) is 25.5 Å². The maximum atomic E-state index is 12.4. The Hall–Kier alpha value is -1.35. The molecule has 0 aromatic heterocycles. The van der Waals surface area contributed by atoms with Crippen molar-refractivity contribution < 1.29 is 4.79 Å². The number of nitrogens with zero attached hydrogens (tertiary/aromatic N) is 1. The predicted octanol–water partition coefficient (Wildman–Crippen LogP) is 2.26. The van der Waals surface area contributed by atoms with E-state index in [9.17, 15) is 4.79 Å². The van der Waals surface area contributed by atoms with Crippen molar-refractivity contribution in [2.24, 2.45) is 5.73 Å². The Kier molecular flexibility index (Phi) is 3.44. The highest BCUT2D eigenvalue weighted by Gasteiger charge is 2.41. The fourth-order valence-corrected chi connectivity index (χ4v) is 2.67. The Morgan fingerprint density at radius 3 is 2.67 bits per heavy atom. The number of nitrogens with two attached hydrogens (primary N) is 1. The largest absolute Gasteiger partial charge is 0.335 e. The summed E-state index contributed by atoms with van der Waals surface area (Å²) >= 11 is 0. The molecule has 1 saturated heterocycles. The van der Waals surface area contributed by atoms with Gasteiger partial charge in [-0.15, -0.1) is 0 Å². The molecule has 0 spiro atoms. The van der Waals surface area contributed by atoms with E-state index in [0.29, 0.717) is 13.1 Å². The van der Waals surface area contributed by atoms with Crippen LogP contribution < -0.4 is 5.73 Å². The van der Waals surface area contributed by atoms with E-state index in [-0.39, 0.29) is 11.4 Å². The summed E-state index contributed by atoms with van der Waals surface area (Å²) in [7, 11) is 0. The lowest BCUT2D eigenvalue weighted by molar-refractivity contribution is 0.0385. The number of aryl methyl sites for hydroxylation is 1. The van der Waals surface area contributed by atoms with Crippen LogP contribution in [0.25, 0.3) is 0 Å². The summed E-state index contributed by atoms with van der Waals surface area (Å²) in [6.45, 7) is 7.54. The zero-order valence-corrected chi connectivity index (χ0v) is 11.5. The van der Waals surface area contributed by atoms with Gasteiger partial charge in [-0.05, 0) is 37.5 Å². The monoisotopic (exact) mass is 246 g/mol. The molecule has 0 saturated carbocycles. The second-order valence-electron chi connectivity index (χ2n) is 5.52. The standard InChI is InChI=1S/C15H22N2O/c1-4-8-15(16)9-17(10-15)14(18)13-7-5-6-11(2)12(13)3/h5-7H,4,8-10,16H2,1-3H3. The first-order chi connectivity index (χ1) is 8.47. The van der Waals surface area contributed by atoms with Gasteiger partial charge in [-0.3, -0.25) is 4.79 Å². The van der Waals surface area contributed by atoms with Crippen LogP contribution in [0, 0.1) is 13.8 Å². The summed E-state index contributed by atoms with van der Waals surface area (Å²) in [5.41, 5.74) is 9.09. The third-order valence-corrected chi connectivity index (χ3v) is 3.88. The molecule has 0 aliphatic carbocycles. The van der Waals surface area contributed by atoms with Gasteiger partial charge < -0.3 is 10.6 Å². The number of amides is 1. The van der Waals surface area contributed by atoms with Gasteiger partial charge in [0.15, 0.2) is 0 Å². The van der Waals surface area contributed by atoms with E-state index < -0.39 is 0 Å². The highest BCUT2D eigenvalue weighted by Crippen LogP contribution is 2.26. The molecule has 1 aromatic rings. The van der Waals surface area contributed by atoms with Crippen LogP contribution in [0.1, 0.15) is 41.3 Å². The molecule has 1 fully saturated rings. The van der Waals surface area contributed by atoms with Gasteiger partial charge in [-0.2, -0.15) is 0 Å². The third-order valence-electron chi connectivity index (χ3n) is 3.88. The Balaban J connectivity index is 2.08. The summed E-state index contributed by atoms with van der Waals surface area (Å²) in [5, 5.41) is 0. The van der Waals surface area contributed by atoms with Crippen LogP contribution >= 0.6 is 0 Å². The molecular weight excluding hydrogens is 224 g/mol. The normalized spacial score (nSPS) is 17.4. The SMILES string of the molecule is CCCC1(N)CN(C(=O)c2cccc(C)c2C)C1. The number of carbonyl (C=O) groups is 1. The molecular formula is C15H22N2O. The fraction of sp³-hybridized carbons (Fsp3) is 0.533. The van der Waals surface area contributed by atoms with Crippen molar-refractivity contribution >= 4 is 5.91 Å². The summed E-state index contributed by atoms with van der Waals surface area (Å²) in [6.07, 6.45) is 2.06. The Morgan fingerprint density at radius 1 is 1.39 bits per heavy atom. The second kappa shape index (κ2) is 4.73. The van der Waals surface area contributed by atoms with E-state index in [1.807, 2.05) is 36.9 Å². The van der Waals surface area contributed by atoms with Crippen molar-refractivity contribution in [2.75, 3.05) is 13.1 Å². The highest BCUT2D eigenvalue weighted by molar-refractivity contribution is 5.96. The molecule has 0 radical (unpaired) electrons. The molecule has 1 aromatic carbocycles. The first-order valence-corrected chi connectivity index (χ1v) is 6.61. The molecule has 0 atom stereocenters. The van der Waals surface area contributed by atoms with E-state index in [1.165, 1.54) is 0 Å². The van der Waals surface area contributed by atoms with E-state index in [4.69, 9.17) is 5.73 Å². The van der Waals surface area contributed by atoms with Crippen LogP contribution in [0.5, 0.6) is 0 Å². The van der Waals surface area contributed by atoms with Crippen LogP contribution in [0.3, 0.4) is 0 Å². The van der Waals surface area contributed by atoms with Gasteiger partial charge in [0, 0.05) is 18.7 Å². The average Bonchev–Trinajstić information content (AvgIpc) is 2.29. The molecule has 18 heavy (non-hydrogen) atoms. The Morgan fingerprint density at radius 2 is 2.06 bits per heavy atom. The van der Waals surface area contributed by atoms with Crippen molar-refractivity contribution in [2.45, 2.75) is 39.2 Å². The third kappa shape index (κ3) is 2.27. The lowest BCUT2D eigenvalue weighted by atomic mass is 9.85. The maximum Gasteiger partial charge on any atom is 0.254 e. The molecule has 1 aliphatic rings. The number of hydrogen-bond donors (Lipinski definition) is 1. The van der Waals surface area contributed by atoms with Crippen LogP contribution in [-0.2, 0) is 0 Å². The minimum Gasteiger partial charge on any atom is -0.335 e. The van der Waals surface area contributed by atoms with Crippen LogP contribution in [0.2, 0.25) is 0 Å². The topological polar surface area (TPSA) is 46.3 Å². The first-order valence-electron chi connectivity index (χ1n) is 6.61. The number of carbonyl (C=O) groups excluding carboxylic acids is 1. The lowest BCUT2D eigenvalue weighted by Gasteiger charge is -2.48. The van der Waals surface area contributed by atoms with Gasteiger partial charge in [0.05, 0.1) is 5.54 Å². The van der Waals surface area contributed by atoms with Gasteiger partial charge in [0.25, 0.3) is 5.91 Å². The lowest BCUT2D eigenvalue weighted by Crippen LogP contribution is -2.68. The molecule has 2 N–H and O–H groups in total. The van der Waals surface area contributed by atoms with Gasteiger partial charge in [-0.25, -0.2) is 0 Å². The molecule has 3 heteroatoms. The minimum absolute atomic E-state index is 0.119. The van der Waals surface area contributed by atoms with E-state index >= 15 is 0 Å². The van der Waals surface area contributed by atoms with Crippen molar-refractivity contribution in [3.63, 3.8) is 0 Å². The quantitative estimate of drug-likeness (QED) is 0.889. The number of hydrogen-bond acceptors (Lipinski definition) is 2. The molecule has 1 amide bonds. The summed E-state index contributed by atoms with van der Waals surface area (Å²) in [4.78, 5) is 14.2. The predicted molar refractivity (Wildman–Crippen MR) is 73.6 cm³/mol. The number of benzene rings is 1. The Bertz CT molecular complexity index is 462. The molecule has 3 nitrogen and oxygen atoms in total. The smallest absolute Gasteiger partial charge is 0.254 e. The van der Waals surface area contributed by atoms with E-state index in [2.05, 4.69) is 6.92 Å².